The molecule has 3 rings (SSSR count). The number of hydrogen-bond acceptors (Lipinski definition) is 1. The zero-order valence-electron chi connectivity index (χ0n) is 12.0. The highest BCUT2D eigenvalue weighted by Crippen LogP contribution is 2.22. The maximum Gasteiger partial charge on any atom is 0.248 e. The second kappa shape index (κ2) is 6.82. The second-order valence-electron chi connectivity index (χ2n) is 4.96. The number of H-pyrrole nitrogens is 1. The molecule has 1 heterocycles. The van der Waals surface area contributed by atoms with Crippen LogP contribution in [0.5, 0.6) is 0 Å². The largest absolute Gasteiger partial charge is 0.317 e. The smallest absolute Gasteiger partial charge is 0.248 e. The van der Waals surface area contributed by atoms with Crippen LogP contribution in [0.2, 0.25) is 10.0 Å². The van der Waals surface area contributed by atoms with Crippen molar-refractivity contribution < 1.29 is 9.78 Å². The number of aromatic nitrogens is 1. The topological polar surface area (TPSA) is 43.2 Å². The van der Waals surface area contributed by atoms with Crippen LogP contribution in [0.15, 0.2) is 60.8 Å². The molecule has 5 heteroatoms. The molecule has 3 aromatic rings. The third-order valence-electron chi connectivity index (χ3n) is 3.30. The summed E-state index contributed by atoms with van der Waals surface area (Å²) in [6, 6.07) is 14.9. The summed E-state index contributed by atoms with van der Waals surface area (Å²) in [5.74, 6) is -0.236. The van der Waals surface area contributed by atoms with Crippen molar-refractivity contribution in [2.45, 2.75) is 0 Å². The Kier molecular flexibility index (Phi) is 4.60. The molecule has 23 heavy (non-hydrogen) atoms. The quantitative estimate of drug-likeness (QED) is 0.693. The zero-order valence-corrected chi connectivity index (χ0v) is 13.5. The lowest BCUT2D eigenvalue weighted by Gasteiger charge is -2.01. The molecule has 114 valence electrons. The average Bonchev–Trinajstić information content (AvgIpc) is 2.54. The Hall–Kier alpha value is -2.36. The molecule has 0 unspecified atom stereocenters. The van der Waals surface area contributed by atoms with Gasteiger partial charge in [-0.1, -0.05) is 41.4 Å². The van der Waals surface area contributed by atoms with Gasteiger partial charge in [-0.25, -0.2) is 4.98 Å². The van der Waals surface area contributed by atoms with E-state index in [0.717, 1.165) is 16.5 Å². The first-order valence-electron chi connectivity index (χ1n) is 6.96. The number of para-hydroxylation sites is 1. The van der Waals surface area contributed by atoms with Crippen molar-refractivity contribution >= 4 is 51.8 Å². The standard InChI is InChI=1S/C18H12Cl2N2O/c19-14-7-5-12(16(20)10-14)6-8-18(23)22-15-9-13-3-1-2-4-17(13)21-11-15/h1-11H,(H,22,23)/p+1. The number of carbonyl (C=O) groups excluding carboxylic acids is 1. The van der Waals surface area contributed by atoms with Crippen LogP contribution >= 0.6 is 23.2 Å². The summed E-state index contributed by atoms with van der Waals surface area (Å²) < 4.78 is 0. The van der Waals surface area contributed by atoms with Gasteiger partial charge in [0, 0.05) is 27.6 Å². The minimum absolute atomic E-state index is 0.236. The van der Waals surface area contributed by atoms with E-state index >= 15 is 0 Å². The Morgan fingerprint density at radius 1 is 1.09 bits per heavy atom. The number of benzene rings is 2. The third kappa shape index (κ3) is 3.89. The van der Waals surface area contributed by atoms with E-state index in [-0.39, 0.29) is 5.91 Å². The molecular formula is C18H13Cl2N2O+. The molecule has 0 radical (unpaired) electrons. The van der Waals surface area contributed by atoms with Crippen LogP contribution in [0.4, 0.5) is 5.69 Å². The summed E-state index contributed by atoms with van der Waals surface area (Å²) in [5, 5.41) is 4.89. The molecule has 0 atom stereocenters. The molecule has 2 N–H and O–H groups in total. The van der Waals surface area contributed by atoms with Crippen molar-refractivity contribution in [2.24, 2.45) is 0 Å². The van der Waals surface area contributed by atoms with Gasteiger partial charge in [-0.15, -0.1) is 0 Å². The van der Waals surface area contributed by atoms with Gasteiger partial charge in [-0.2, -0.15) is 0 Å². The first-order valence-corrected chi connectivity index (χ1v) is 7.72. The second-order valence-corrected chi connectivity index (χ2v) is 5.81. The first kappa shape index (κ1) is 15.5. The molecule has 0 fully saturated rings. The van der Waals surface area contributed by atoms with E-state index in [1.807, 2.05) is 30.3 Å². The van der Waals surface area contributed by atoms with Gasteiger partial charge in [0.25, 0.3) is 0 Å². The number of aromatic amines is 1. The molecule has 0 bridgehead atoms. The van der Waals surface area contributed by atoms with E-state index in [1.54, 1.807) is 30.5 Å². The Morgan fingerprint density at radius 2 is 1.91 bits per heavy atom. The van der Waals surface area contributed by atoms with Crippen molar-refractivity contribution in [3.8, 4) is 0 Å². The minimum Gasteiger partial charge on any atom is -0.317 e. The van der Waals surface area contributed by atoms with Gasteiger partial charge >= 0.3 is 0 Å². The number of halogens is 2. The van der Waals surface area contributed by atoms with Crippen LogP contribution in [-0.4, -0.2) is 5.91 Å². The SMILES string of the molecule is O=C(C=Cc1ccc(Cl)cc1Cl)Nc1c[nH+]c2ccccc2c1. The fraction of sp³-hybridized carbons (Fsp3) is 0. The van der Waals surface area contributed by atoms with E-state index in [1.165, 1.54) is 6.08 Å². The van der Waals surface area contributed by atoms with Gasteiger partial charge < -0.3 is 5.32 Å². The van der Waals surface area contributed by atoms with Crippen LogP contribution in [0, 0.1) is 0 Å². The van der Waals surface area contributed by atoms with Crippen molar-refractivity contribution in [2.75, 3.05) is 5.32 Å². The molecule has 0 aliphatic heterocycles. The molecule has 1 aromatic heterocycles. The summed E-state index contributed by atoms with van der Waals surface area (Å²) in [6.45, 7) is 0. The number of nitrogens with one attached hydrogen (secondary N) is 2. The van der Waals surface area contributed by atoms with Crippen molar-refractivity contribution in [3.05, 3.63) is 76.4 Å². The van der Waals surface area contributed by atoms with Crippen LogP contribution in [0.1, 0.15) is 5.56 Å². The maximum atomic E-state index is 12.0. The molecule has 0 aliphatic rings. The van der Waals surface area contributed by atoms with E-state index in [2.05, 4.69) is 10.3 Å². The van der Waals surface area contributed by atoms with E-state index in [0.29, 0.717) is 15.7 Å². The monoisotopic (exact) mass is 343 g/mol. The van der Waals surface area contributed by atoms with Gasteiger partial charge in [-0.05, 0) is 35.9 Å². The van der Waals surface area contributed by atoms with Gasteiger partial charge in [-0.3, -0.25) is 4.79 Å². The normalized spacial score (nSPS) is 11.0. The fourth-order valence-electron chi connectivity index (χ4n) is 2.18. The molecule has 0 saturated carbocycles. The van der Waals surface area contributed by atoms with E-state index in [9.17, 15) is 4.79 Å². The van der Waals surface area contributed by atoms with Crippen LogP contribution in [0.25, 0.3) is 17.0 Å². The molecule has 2 aromatic carbocycles. The Morgan fingerprint density at radius 3 is 2.74 bits per heavy atom. The first-order chi connectivity index (χ1) is 11.1. The van der Waals surface area contributed by atoms with Crippen LogP contribution < -0.4 is 10.3 Å². The van der Waals surface area contributed by atoms with Crippen LogP contribution in [0.3, 0.4) is 0 Å². The number of amides is 1. The lowest BCUT2D eigenvalue weighted by molar-refractivity contribution is -0.343. The lowest BCUT2D eigenvalue weighted by Crippen LogP contribution is -2.11. The summed E-state index contributed by atoms with van der Waals surface area (Å²) in [4.78, 5) is 15.2. The molecule has 0 saturated heterocycles. The highest BCUT2D eigenvalue weighted by Gasteiger charge is 2.05. The van der Waals surface area contributed by atoms with Crippen molar-refractivity contribution in [1.82, 2.24) is 0 Å². The Bertz CT molecular complexity index is 906. The number of fused-ring (bicyclic) bond motifs is 1. The third-order valence-corrected chi connectivity index (χ3v) is 3.86. The molecule has 1 amide bonds. The number of pyridine rings is 1. The Balaban J connectivity index is 1.74. The molecule has 3 nitrogen and oxygen atoms in total. The van der Waals surface area contributed by atoms with E-state index in [4.69, 9.17) is 23.2 Å². The lowest BCUT2D eigenvalue weighted by atomic mass is 10.2. The molecular weight excluding hydrogens is 331 g/mol. The number of anilines is 1. The number of rotatable bonds is 3. The van der Waals surface area contributed by atoms with Crippen molar-refractivity contribution in [3.63, 3.8) is 0 Å². The van der Waals surface area contributed by atoms with Crippen LogP contribution in [-0.2, 0) is 4.79 Å². The zero-order chi connectivity index (χ0) is 16.2. The maximum absolute atomic E-state index is 12.0. The van der Waals surface area contributed by atoms with Gasteiger partial charge in [0.15, 0.2) is 6.20 Å². The minimum atomic E-state index is -0.236. The molecule has 0 spiro atoms. The number of carbonyl (C=O) groups is 1. The molecule has 0 aliphatic carbocycles. The highest BCUT2D eigenvalue weighted by atomic mass is 35.5. The van der Waals surface area contributed by atoms with Gasteiger partial charge in [0.2, 0.25) is 11.4 Å². The van der Waals surface area contributed by atoms with Gasteiger partial charge in [0.1, 0.15) is 5.69 Å². The highest BCUT2D eigenvalue weighted by molar-refractivity contribution is 6.35. The fourth-order valence-corrected chi connectivity index (χ4v) is 2.65. The summed E-state index contributed by atoms with van der Waals surface area (Å²) in [6.07, 6.45) is 4.84. The Labute approximate surface area is 143 Å². The summed E-state index contributed by atoms with van der Waals surface area (Å²) in [5.41, 5.74) is 2.44. The number of hydrogen-bond donors (Lipinski definition) is 1. The van der Waals surface area contributed by atoms with Crippen molar-refractivity contribution in [1.29, 1.82) is 0 Å². The average molecular weight is 344 g/mol. The predicted molar refractivity (Wildman–Crippen MR) is 94.6 cm³/mol. The van der Waals surface area contributed by atoms with E-state index < -0.39 is 0 Å². The summed E-state index contributed by atoms with van der Waals surface area (Å²) >= 11 is 11.9. The predicted octanol–water partition coefficient (Wildman–Crippen LogP) is 4.61. The summed E-state index contributed by atoms with van der Waals surface area (Å²) in [7, 11) is 0. The van der Waals surface area contributed by atoms with Gasteiger partial charge in [0.05, 0.1) is 0 Å².